The molecule has 1 heterocycles. The van der Waals surface area contributed by atoms with Crippen LogP contribution in [0.2, 0.25) is 0 Å². The van der Waals surface area contributed by atoms with E-state index in [4.69, 9.17) is 0 Å². The number of nitrogens with zero attached hydrogens (tertiary/aromatic N) is 1. The highest BCUT2D eigenvalue weighted by Crippen LogP contribution is 2.38. The van der Waals surface area contributed by atoms with E-state index in [9.17, 15) is 35.9 Å². The van der Waals surface area contributed by atoms with Gasteiger partial charge < -0.3 is 10.2 Å². The van der Waals surface area contributed by atoms with E-state index >= 15 is 0 Å². The van der Waals surface area contributed by atoms with Gasteiger partial charge >= 0.3 is 6.18 Å². The molecule has 0 unspecified atom stereocenters. The maximum absolute atomic E-state index is 13.9. The van der Waals surface area contributed by atoms with E-state index < -0.39 is 54.2 Å². The fourth-order valence-corrected chi connectivity index (χ4v) is 3.44. The second-order valence-corrected chi connectivity index (χ2v) is 6.81. The van der Waals surface area contributed by atoms with Crippen LogP contribution in [0.5, 0.6) is 0 Å². The smallest absolute Gasteiger partial charge is 0.336 e. The summed E-state index contributed by atoms with van der Waals surface area (Å²) in [6, 6.07) is 9.14. The van der Waals surface area contributed by atoms with Gasteiger partial charge in [-0.25, -0.2) is 13.2 Å². The van der Waals surface area contributed by atoms with Gasteiger partial charge in [-0.15, -0.1) is 0 Å². The van der Waals surface area contributed by atoms with E-state index in [1.54, 1.807) is 0 Å². The third kappa shape index (κ3) is 4.58. The number of hydrogen-bond acceptors (Lipinski definition) is 2. The second kappa shape index (κ2) is 8.37. The van der Waals surface area contributed by atoms with E-state index in [2.05, 4.69) is 5.32 Å². The molecule has 4 nitrogen and oxygen atoms in total. The first kappa shape index (κ1) is 21.7. The minimum absolute atomic E-state index is 0.00336. The van der Waals surface area contributed by atoms with E-state index in [1.807, 2.05) is 0 Å². The summed E-state index contributed by atoms with van der Waals surface area (Å²) in [5.41, 5.74) is -1.22. The molecule has 1 fully saturated rings. The quantitative estimate of drug-likeness (QED) is 0.569. The standard InChI is InChI=1S/C20H16F6N2O2/c21-14-6-1-2-7-15(14)27-18(29)17-13(9-28(19(17)30)10-16(22)23)11-4-3-5-12(8-11)20(24,25)26/h1-8,13,16-17H,9-10H2,(H,27,29)/t13-,17+/m1/s1. The van der Waals surface area contributed by atoms with E-state index in [0.717, 1.165) is 29.2 Å². The number of carbonyl (C=O) groups is 2. The molecule has 0 aromatic heterocycles. The zero-order valence-corrected chi connectivity index (χ0v) is 15.3. The van der Waals surface area contributed by atoms with Crippen molar-refractivity contribution < 1.29 is 35.9 Å². The molecule has 0 bridgehead atoms. The predicted molar refractivity (Wildman–Crippen MR) is 95.3 cm³/mol. The lowest BCUT2D eigenvalue weighted by atomic mass is 9.87. The summed E-state index contributed by atoms with van der Waals surface area (Å²) in [5, 5.41) is 2.23. The SMILES string of the molecule is O=C(Nc1ccccc1F)[C@H]1C(=O)N(CC(F)F)C[C@@H]1c1cccc(C(F)(F)F)c1. The van der Waals surface area contributed by atoms with Crippen molar-refractivity contribution in [1.29, 1.82) is 0 Å². The molecule has 0 radical (unpaired) electrons. The first-order valence-corrected chi connectivity index (χ1v) is 8.87. The van der Waals surface area contributed by atoms with Crippen molar-refractivity contribution >= 4 is 17.5 Å². The molecule has 2 atom stereocenters. The van der Waals surface area contributed by atoms with Gasteiger partial charge in [0.2, 0.25) is 11.8 Å². The molecule has 0 spiro atoms. The van der Waals surface area contributed by atoms with Crippen molar-refractivity contribution in [3.8, 4) is 0 Å². The molecule has 0 aliphatic carbocycles. The predicted octanol–water partition coefficient (Wildman–Crippen LogP) is 4.29. The Morgan fingerprint density at radius 1 is 1.13 bits per heavy atom. The van der Waals surface area contributed by atoms with Crippen molar-refractivity contribution in [3.05, 3.63) is 65.5 Å². The average Bonchev–Trinajstić information content (AvgIpc) is 2.99. The maximum atomic E-state index is 13.9. The van der Waals surface area contributed by atoms with Crippen molar-refractivity contribution in [2.45, 2.75) is 18.5 Å². The highest BCUT2D eigenvalue weighted by atomic mass is 19.4. The Labute approximate surface area is 167 Å². The Morgan fingerprint density at radius 3 is 2.47 bits per heavy atom. The number of carbonyl (C=O) groups excluding carboxylic acids is 2. The van der Waals surface area contributed by atoms with Crippen LogP contribution in [0, 0.1) is 11.7 Å². The molecule has 1 N–H and O–H groups in total. The molecule has 3 rings (SSSR count). The van der Waals surface area contributed by atoms with Crippen LogP contribution in [0.3, 0.4) is 0 Å². The van der Waals surface area contributed by atoms with Crippen LogP contribution >= 0.6 is 0 Å². The number of halogens is 6. The highest BCUT2D eigenvalue weighted by Gasteiger charge is 2.46. The van der Waals surface area contributed by atoms with Crippen LogP contribution in [-0.4, -0.2) is 36.2 Å². The number of benzene rings is 2. The molecule has 0 saturated carbocycles. The van der Waals surface area contributed by atoms with E-state index in [1.165, 1.54) is 24.3 Å². The van der Waals surface area contributed by atoms with Gasteiger partial charge in [0.15, 0.2) is 0 Å². The number of hydrogen-bond donors (Lipinski definition) is 1. The number of likely N-dealkylation sites (tertiary alicyclic amines) is 1. The Kier molecular flexibility index (Phi) is 6.04. The van der Waals surface area contributed by atoms with Crippen LogP contribution in [0.15, 0.2) is 48.5 Å². The number of rotatable bonds is 5. The summed E-state index contributed by atoms with van der Waals surface area (Å²) in [6.07, 6.45) is -7.55. The van der Waals surface area contributed by atoms with Gasteiger partial charge in [-0.2, -0.15) is 13.2 Å². The van der Waals surface area contributed by atoms with Crippen LogP contribution in [-0.2, 0) is 15.8 Å². The lowest BCUT2D eigenvalue weighted by Gasteiger charge is -2.18. The summed E-state index contributed by atoms with van der Waals surface area (Å²) in [7, 11) is 0. The van der Waals surface area contributed by atoms with E-state index in [0.29, 0.717) is 0 Å². The lowest BCUT2D eigenvalue weighted by Crippen LogP contribution is -2.36. The second-order valence-electron chi connectivity index (χ2n) is 6.81. The molecule has 2 aromatic carbocycles. The molecule has 30 heavy (non-hydrogen) atoms. The van der Waals surface area contributed by atoms with Gasteiger partial charge in [-0.1, -0.05) is 30.3 Å². The van der Waals surface area contributed by atoms with E-state index in [-0.39, 0.29) is 17.8 Å². The summed E-state index contributed by atoms with van der Waals surface area (Å²) < 4.78 is 78.8. The Bertz CT molecular complexity index is 947. The molecule has 2 aromatic rings. The Morgan fingerprint density at radius 2 is 1.83 bits per heavy atom. The number of nitrogens with one attached hydrogen (secondary N) is 1. The summed E-state index contributed by atoms with van der Waals surface area (Å²) in [5.74, 6) is -5.40. The first-order chi connectivity index (χ1) is 14.1. The zero-order chi connectivity index (χ0) is 22.1. The molecule has 2 amide bonds. The number of para-hydroxylation sites is 1. The van der Waals surface area contributed by atoms with Crippen molar-refractivity contribution in [2.24, 2.45) is 5.92 Å². The Hall–Kier alpha value is -3.04. The molecule has 1 saturated heterocycles. The number of amides is 2. The van der Waals surface area contributed by atoms with Crippen LogP contribution < -0.4 is 5.32 Å². The summed E-state index contributed by atoms with van der Waals surface area (Å²) in [6.45, 7) is -1.32. The average molecular weight is 430 g/mol. The van der Waals surface area contributed by atoms with Gasteiger partial charge in [-0.05, 0) is 23.8 Å². The third-order valence-corrected chi connectivity index (χ3v) is 4.81. The van der Waals surface area contributed by atoms with Crippen LogP contribution in [0.25, 0.3) is 0 Å². The van der Waals surface area contributed by atoms with Crippen molar-refractivity contribution in [2.75, 3.05) is 18.4 Å². The molecule has 1 aliphatic heterocycles. The van der Waals surface area contributed by atoms with Gasteiger partial charge in [0.1, 0.15) is 11.7 Å². The molecule has 10 heteroatoms. The minimum atomic E-state index is -4.66. The van der Waals surface area contributed by atoms with Crippen LogP contribution in [0.4, 0.5) is 32.0 Å². The fourth-order valence-electron chi connectivity index (χ4n) is 3.44. The summed E-state index contributed by atoms with van der Waals surface area (Å²) >= 11 is 0. The lowest BCUT2D eigenvalue weighted by molar-refractivity contribution is -0.138. The normalized spacial score (nSPS) is 19.4. The van der Waals surface area contributed by atoms with Crippen molar-refractivity contribution in [3.63, 3.8) is 0 Å². The third-order valence-electron chi connectivity index (χ3n) is 4.81. The topological polar surface area (TPSA) is 49.4 Å². The van der Waals surface area contributed by atoms with Crippen molar-refractivity contribution in [1.82, 2.24) is 4.90 Å². The van der Waals surface area contributed by atoms with Gasteiger partial charge in [0.05, 0.1) is 17.8 Å². The first-order valence-electron chi connectivity index (χ1n) is 8.87. The Balaban J connectivity index is 1.95. The molecular formula is C20H16F6N2O2. The number of alkyl halides is 5. The largest absolute Gasteiger partial charge is 0.416 e. The van der Waals surface area contributed by atoms with Gasteiger partial charge in [0, 0.05) is 12.5 Å². The maximum Gasteiger partial charge on any atom is 0.416 e. The molecule has 1 aliphatic rings. The monoisotopic (exact) mass is 430 g/mol. The molecular weight excluding hydrogens is 414 g/mol. The summed E-state index contributed by atoms with van der Waals surface area (Å²) in [4.78, 5) is 26.1. The fraction of sp³-hybridized carbons (Fsp3) is 0.300. The molecule has 160 valence electrons. The highest BCUT2D eigenvalue weighted by molar-refractivity contribution is 6.08. The minimum Gasteiger partial charge on any atom is -0.336 e. The van der Waals surface area contributed by atoms with Gasteiger partial charge in [0.25, 0.3) is 6.43 Å². The number of anilines is 1. The zero-order valence-electron chi connectivity index (χ0n) is 15.3. The van der Waals surface area contributed by atoms with Crippen LogP contribution in [0.1, 0.15) is 17.0 Å². The van der Waals surface area contributed by atoms with Gasteiger partial charge in [-0.3, -0.25) is 9.59 Å².